The van der Waals surface area contributed by atoms with Gasteiger partial charge < -0.3 is 18.9 Å². The van der Waals surface area contributed by atoms with Crippen molar-refractivity contribution in [3.63, 3.8) is 0 Å². The van der Waals surface area contributed by atoms with E-state index < -0.39 is 0 Å². The molecule has 0 aliphatic carbocycles. The van der Waals surface area contributed by atoms with Crippen molar-refractivity contribution in [1.82, 2.24) is 0 Å². The molecule has 4 nitrogen and oxygen atoms in total. The lowest BCUT2D eigenvalue weighted by atomic mass is 10.3. The third-order valence-corrected chi connectivity index (χ3v) is 3.29. The van der Waals surface area contributed by atoms with Gasteiger partial charge in [-0.15, -0.1) is 0 Å². The smallest absolute Gasteiger partial charge is 0.119 e. The second-order valence-corrected chi connectivity index (χ2v) is 5.82. The normalized spacial score (nSPS) is 9.58. The monoisotopic (exact) mass is 370 g/mol. The van der Waals surface area contributed by atoms with Crippen LogP contribution in [0.4, 0.5) is 0 Å². The standard InChI is InChI=1S/C12H18O2.2C5H12O/c1-2-3-9-13-10-11-14-12-7-5-4-6-8-12;2*1-3-4-5-6-2/h4-8H,2-3,9-11H2,1H3;2*3-5H2,1-2H3. The van der Waals surface area contributed by atoms with Crippen LogP contribution in [0.25, 0.3) is 0 Å². The lowest BCUT2D eigenvalue weighted by Crippen LogP contribution is -2.07. The number of methoxy groups -OCH3 is 2. The molecule has 0 aromatic heterocycles. The highest BCUT2D eigenvalue weighted by Gasteiger charge is 1.91. The second kappa shape index (κ2) is 26.1. The highest BCUT2D eigenvalue weighted by Crippen LogP contribution is 2.07. The van der Waals surface area contributed by atoms with E-state index >= 15 is 0 Å². The Labute approximate surface area is 162 Å². The number of hydrogen-bond acceptors (Lipinski definition) is 4. The minimum absolute atomic E-state index is 0.633. The number of ether oxygens (including phenoxy) is 4. The van der Waals surface area contributed by atoms with Crippen molar-refractivity contribution in [1.29, 1.82) is 0 Å². The number of unbranched alkanes of at least 4 members (excludes halogenated alkanes) is 3. The van der Waals surface area contributed by atoms with Crippen LogP contribution in [0.15, 0.2) is 30.3 Å². The molecule has 1 aromatic carbocycles. The van der Waals surface area contributed by atoms with Gasteiger partial charge in [-0.05, 0) is 31.4 Å². The van der Waals surface area contributed by atoms with Crippen LogP contribution in [0.1, 0.15) is 59.3 Å². The van der Waals surface area contributed by atoms with Gasteiger partial charge in [-0.25, -0.2) is 0 Å². The Morgan fingerprint density at radius 2 is 1.12 bits per heavy atom. The number of para-hydroxylation sites is 1. The fraction of sp³-hybridized carbons (Fsp3) is 0.727. The van der Waals surface area contributed by atoms with Gasteiger partial charge in [0.15, 0.2) is 0 Å². The van der Waals surface area contributed by atoms with E-state index in [0.29, 0.717) is 13.2 Å². The van der Waals surface area contributed by atoms with E-state index in [9.17, 15) is 0 Å². The Morgan fingerprint density at radius 3 is 1.54 bits per heavy atom. The summed E-state index contributed by atoms with van der Waals surface area (Å²) in [6.45, 7) is 10.4. The van der Waals surface area contributed by atoms with E-state index in [4.69, 9.17) is 18.9 Å². The largest absolute Gasteiger partial charge is 0.491 e. The minimum atomic E-state index is 0.633. The first-order chi connectivity index (χ1) is 12.8. The summed E-state index contributed by atoms with van der Waals surface area (Å²) in [6.07, 6.45) is 7.15. The lowest BCUT2D eigenvalue weighted by Gasteiger charge is -2.06. The van der Waals surface area contributed by atoms with Gasteiger partial charge in [-0.1, -0.05) is 58.2 Å². The summed E-state index contributed by atoms with van der Waals surface area (Å²) in [5.74, 6) is 0.909. The van der Waals surface area contributed by atoms with E-state index in [1.807, 2.05) is 30.3 Å². The van der Waals surface area contributed by atoms with Crippen molar-refractivity contribution >= 4 is 0 Å². The minimum Gasteiger partial charge on any atom is -0.491 e. The quantitative estimate of drug-likeness (QED) is 0.414. The molecule has 4 heteroatoms. The first-order valence-corrected chi connectivity index (χ1v) is 10.00. The van der Waals surface area contributed by atoms with Gasteiger partial charge in [0.25, 0.3) is 0 Å². The summed E-state index contributed by atoms with van der Waals surface area (Å²) < 4.78 is 20.4. The predicted molar refractivity (Wildman–Crippen MR) is 111 cm³/mol. The lowest BCUT2D eigenvalue weighted by molar-refractivity contribution is 0.0980. The molecular weight excluding hydrogens is 328 g/mol. The Balaban J connectivity index is 0. The maximum atomic E-state index is 5.46. The van der Waals surface area contributed by atoms with Crippen LogP contribution in [0.3, 0.4) is 0 Å². The third-order valence-electron chi connectivity index (χ3n) is 3.29. The fourth-order valence-electron chi connectivity index (χ4n) is 1.66. The molecule has 0 aliphatic heterocycles. The summed E-state index contributed by atoms with van der Waals surface area (Å²) in [7, 11) is 3.46. The molecule has 1 aromatic rings. The van der Waals surface area contributed by atoms with E-state index in [1.165, 1.54) is 32.1 Å². The van der Waals surface area contributed by atoms with Crippen LogP contribution < -0.4 is 4.74 Å². The molecular formula is C22H42O4. The number of rotatable bonds is 13. The van der Waals surface area contributed by atoms with E-state index in [2.05, 4.69) is 20.8 Å². The van der Waals surface area contributed by atoms with E-state index in [0.717, 1.165) is 32.0 Å². The molecule has 0 unspecified atom stereocenters. The van der Waals surface area contributed by atoms with Gasteiger partial charge >= 0.3 is 0 Å². The average molecular weight is 371 g/mol. The molecule has 154 valence electrons. The van der Waals surface area contributed by atoms with Crippen molar-refractivity contribution < 1.29 is 18.9 Å². The first kappa shape index (κ1) is 27.1. The van der Waals surface area contributed by atoms with Gasteiger partial charge in [0, 0.05) is 34.0 Å². The molecule has 0 atom stereocenters. The molecule has 0 amide bonds. The highest BCUT2D eigenvalue weighted by atomic mass is 16.5. The molecule has 0 N–H and O–H groups in total. The zero-order chi connectivity index (χ0) is 19.7. The third kappa shape index (κ3) is 25.1. The second-order valence-electron chi connectivity index (χ2n) is 5.82. The fourth-order valence-corrected chi connectivity index (χ4v) is 1.66. The summed E-state index contributed by atoms with van der Waals surface area (Å²) >= 11 is 0. The van der Waals surface area contributed by atoms with Crippen LogP contribution in [0.2, 0.25) is 0 Å². The van der Waals surface area contributed by atoms with Crippen molar-refractivity contribution in [2.24, 2.45) is 0 Å². The molecule has 0 aliphatic rings. The highest BCUT2D eigenvalue weighted by molar-refractivity contribution is 5.20. The van der Waals surface area contributed by atoms with Crippen LogP contribution in [0.5, 0.6) is 5.75 Å². The Hall–Kier alpha value is -1.10. The molecule has 1 rings (SSSR count). The van der Waals surface area contributed by atoms with Crippen LogP contribution in [-0.4, -0.2) is 47.3 Å². The number of hydrogen-bond donors (Lipinski definition) is 0. The maximum absolute atomic E-state index is 5.46. The van der Waals surface area contributed by atoms with Crippen LogP contribution >= 0.6 is 0 Å². The van der Waals surface area contributed by atoms with Gasteiger partial charge in [-0.2, -0.15) is 0 Å². The zero-order valence-corrected chi connectivity index (χ0v) is 17.8. The van der Waals surface area contributed by atoms with Gasteiger partial charge in [0.2, 0.25) is 0 Å². The van der Waals surface area contributed by atoms with Crippen LogP contribution in [0, 0.1) is 0 Å². The molecule has 0 heterocycles. The Morgan fingerprint density at radius 1 is 0.615 bits per heavy atom. The van der Waals surface area contributed by atoms with E-state index in [1.54, 1.807) is 14.2 Å². The molecule has 0 bridgehead atoms. The van der Waals surface area contributed by atoms with E-state index in [-0.39, 0.29) is 0 Å². The SMILES string of the molecule is CCCCOC.CCCCOC.CCCCOCCOc1ccccc1. The maximum Gasteiger partial charge on any atom is 0.119 e. The van der Waals surface area contributed by atoms with Gasteiger partial charge in [0.1, 0.15) is 12.4 Å². The summed E-state index contributed by atoms with van der Waals surface area (Å²) in [4.78, 5) is 0. The summed E-state index contributed by atoms with van der Waals surface area (Å²) in [6, 6.07) is 9.81. The molecule has 0 saturated carbocycles. The van der Waals surface area contributed by atoms with Crippen LogP contribution in [-0.2, 0) is 14.2 Å². The molecule has 0 spiro atoms. The Bertz CT molecular complexity index is 314. The topological polar surface area (TPSA) is 36.9 Å². The van der Waals surface area contributed by atoms with Gasteiger partial charge in [0.05, 0.1) is 6.61 Å². The van der Waals surface area contributed by atoms with Crippen molar-refractivity contribution in [3.05, 3.63) is 30.3 Å². The summed E-state index contributed by atoms with van der Waals surface area (Å²) in [5.41, 5.74) is 0. The first-order valence-electron chi connectivity index (χ1n) is 10.00. The van der Waals surface area contributed by atoms with Gasteiger partial charge in [-0.3, -0.25) is 0 Å². The average Bonchev–Trinajstić information content (AvgIpc) is 2.69. The Kier molecular flexibility index (Phi) is 27.3. The molecule has 0 radical (unpaired) electrons. The molecule has 26 heavy (non-hydrogen) atoms. The zero-order valence-electron chi connectivity index (χ0n) is 17.8. The van der Waals surface area contributed by atoms with Crippen molar-refractivity contribution in [3.8, 4) is 5.75 Å². The molecule has 0 saturated heterocycles. The predicted octanol–water partition coefficient (Wildman–Crippen LogP) is 5.75. The number of benzene rings is 1. The molecule has 0 fully saturated rings. The summed E-state index contributed by atoms with van der Waals surface area (Å²) in [5, 5.41) is 0. The van der Waals surface area contributed by atoms with Crippen molar-refractivity contribution in [2.75, 3.05) is 47.3 Å². The van der Waals surface area contributed by atoms with Crippen molar-refractivity contribution in [2.45, 2.75) is 59.3 Å².